The van der Waals surface area contributed by atoms with Crippen molar-refractivity contribution in [1.29, 1.82) is 0 Å². The Hall–Kier alpha value is -4.06. The third kappa shape index (κ3) is 8.03. The average molecular weight is 606 g/mol. The molecular formula is C30H34F3N3O5S. The van der Waals surface area contributed by atoms with Crippen molar-refractivity contribution >= 4 is 27.5 Å². The van der Waals surface area contributed by atoms with Crippen LogP contribution in [0.15, 0.2) is 77.7 Å². The van der Waals surface area contributed by atoms with Gasteiger partial charge in [-0.1, -0.05) is 35.9 Å². The van der Waals surface area contributed by atoms with E-state index < -0.39 is 46.2 Å². The number of ether oxygens (including phenoxy) is 1. The molecule has 0 aromatic heterocycles. The number of amides is 2. The van der Waals surface area contributed by atoms with Gasteiger partial charge in [0.15, 0.2) is 0 Å². The Bertz CT molecular complexity index is 1490. The fourth-order valence-corrected chi connectivity index (χ4v) is 5.52. The zero-order valence-electron chi connectivity index (χ0n) is 24.0. The molecule has 0 spiro atoms. The van der Waals surface area contributed by atoms with E-state index in [0.29, 0.717) is 21.7 Å². The number of aryl methyl sites for hydroxylation is 1. The zero-order valence-corrected chi connectivity index (χ0v) is 24.8. The first-order chi connectivity index (χ1) is 19.6. The van der Waals surface area contributed by atoms with Gasteiger partial charge in [0.2, 0.25) is 11.8 Å². The molecule has 0 aliphatic heterocycles. The van der Waals surface area contributed by atoms with Crippen LogP contribution < -0.4 is 14.4 Å². The van der Waals surface area contributed by atoms with Crippen molar-refractivity contribution in [1.82, 2.24) is 10.2 Å². The molecule has 1 N–H and O–H groups in total. The van der Waals surface area contributed by atoms with Crippen LogP contribution in [0.3, 0.4) is 0 Å². The molecule has 226 valence electrons. The highest BCUT2D eigenvalue weighted by Crippen LogP contribution is 2.33. The standard InChI is InChI=1S/C30H34F3N3O5S/c1-20(2)34-29(38)22(4)35(18-23-11-13-26(41-5)14-12-23)28(37)19-36(25-8-6-7-24(17-25)30(31,32)33)42(39,40)27-15-9-21(3)10-16-27/h6-17,20,22H,18-19H2,1-5H3,(H,34,38). The second-order valence-corrected chi connectivity index (χ2v) is 11.9. The smallest absolute Gasteiger partial charge is 0.416 e. The molecule has 42 heavy (non-hydrogen) atoms. The van der Waals surface area contributed by atoms with Gasteiger partial charge < -0.3 is 15.0 Å². The molecule has 0 heterocycles. The maximum Gasteiger partial charge on any atom is 0.416 e. The van der Waals surface area contributed by atoms with Crippen molar-refractivity contribution < 1.29 is 35.9 Å². The van der Waals surface area contributed by atoms with Crippen LogP contribution in [0.4, 0.5) is 18.9 Å². The number of benzene rings is 3. The van der Waals surface area contributed by atoms with E-state index in [1.807, 2.05) is 0 Å². The molecule has 3 rings (SSSR count). The Morgan fingerprint density at radius 2 is 1.57 bits per heavy atom. The summed E-state index contributed by atoms with van der Waals surface area (Å²) in [4.78, 5) is 27.9. The summed E-state index contributed by atoms with van der Waals surface area (Å²) in [7, 11) is -3.01. The Morgan fingerprint density at radius 1 is 0.952 bits per heavy atom. The van der Waals surface area contributed by atoms with Gasteiger partial charge in [-0.15, -0.1) is 0 Å². The first kappa shape index (κ1) is 32.5. The maximum atomic E-state index is 13.9. The first-order valence-corrected chi connectivity index (χ1v) is 14.6. The van der Waals surface area contributed by atoms with E-state index in [4.69, 9.17) is 4.74 Å². The lowest BCUT2D eigenvalue weighted by molar-refractivity contribution is -0.139. The van der Waals surface area contributed by atoms with Gasteiger partial charge in [-0.05, 0) is 75.7 Å². The van der Waals surface area contributed by atoms with Crippen LogP contribution >= 0.6 is 0 Å². The fourth-order valence-electron chi connectivity index (χ4n) is 4.12. The van der Waals surface area contributed by atoms with Gasteiger partial charge in [0.1, 0.15) is 18.3 Å². The third-order valence-corrected chi connectivity index (χ3v) is 8.25. The van der Waals surface area contributed by atoms with E-state index >= 15 is 0 Å². The Labute approximate surface area is 244 Å². The van der Waals surface area contributed by atoms with Crippen molar-refractivity contribution in [3.63, 3.8) is 0 Å². The molecule has 8 nitrogen and oxygen atoms in total. The molecule has 1 unspecified atom stereocenters. The van der Waals surface area contributed by atoms with E-state index in [1.54, 1.807) is 57.2 Å². The third-order valence-electron chi connectivity index (χ3n) is 6.46. The van der Waals surface area contributed by atoms with E-state index in [-0.39, 0.29) is 23.2 Å². The largest absolute Gasteiger partial charge is 0.497 e. The molecule has 3 aromatic carbocycles. The highest BCUT2D eigenvalue weighted by molar-refractivity contribution is 7.92. The SMILES string of the molecule is COc1ccc(CN(C(=O)CN(c2cccc(C(F)(F)F)c2)S(=O)(=O)c2ccc(C)cc2)C(C)C(=O)NC(C)C)cc1. The summed E-state index contributed by atoms with van der Waals surface area (Å²) in [6.45, 7) is 5.84. The Morgan fingerprint density at radius 3 is 2.12 bits per heavy atom. The number of alkyl halides is 3. The predicted octanol–water partition coefficient (Wildman–Crippen LogP) is 5.16. The van der Waals surface area contributed by atoms with Gasteiger partial charge in [0, 0.05) is 12.6 Å². The van der Waals surface area contributed by atoms with Crippen molar-refractivity contribution in [2.45, 2.75) is 57.4 Å². The molecule has 2 amide bonds. The van der Waals surface area contributed by atoms with Crippen LogP contribution in [0.25, 0.3) is 0 Å². The molecule has 0 aliphatic carbocycles. The molecule has 0 saturated carbocycles. The van der Waals surface area contributed by atoms with E-state index in [9.17, 15) is 31.2 Å². The van der Waals surface area contributed by atoms with Crippen LogP contribution in [0, 0.1) is 6.92 Å². The second kappa shape index (κ2) is 13.3. The lowest BCUT2D eigenvalue weighted by Gasteiger charge is -2.32. The van der Waals surface area contributed by atoms with Crippen molar-refractivity contribution in [3.05, 3.63) is 89.5 Å². The monoisotopic (exact) mass is 605 g/mol. The number of halogens is 3. The van der Waals surface area contributed by atoms with E-state index in [2.05, 4.69) is 5.32 Å². The predicted molar refractivity (Wildman–Crippen MR) is 153 cm³/mol. The van der Waals surface area contributed by atoms with Crippen molar-refractivity contribution in [2.24, 2.45) is 0 Å². The number of nitrogens with one attached hydrogen (secondary N) is 1. The van der Waals surface area contributed by atoms with Gasteiger partial charge in [-0.3, -0.25) is 13.9 Å². The Balaban J connectivity index is 2.08. The molecule has 1 atom stereocenters. The van der Waals surface area contributed by atoms with Gasteiger partial charge in [0.05, 0.1) is 23.3 Å². The summed E-state index contributed by atoms with van der Waals surface area (Å²) in [5, 5.41) is 2.74. The van der Waals surface area contributed by atoms with Crippen LogP contribution in [0.1, 0.15) is 37.5 Å². The second-order valence-electron chi connectivity index (χ2n) is 10.1. The topological polar surface area (TPSA) is 96.0 Å². The maximum absolute atomic E-state index is 13.9. The molecule has 0 saturated heterocycles. The van der Waals surface area contributed by atoms with Gasteiger partial charge in [-0.25, -0.2) is 8.42 Å². The minimum Gasteiger partial charge on any atom is -0.497 e. The minimum absolute atomic E-state index is 0.0729. The number of methoxy groups -OCH3 is 1. The van der Waals surface area contributed by atoms with Crippen LogP contribution in [0.2, 0.25) is 0 Å². The van der Waals surface area contributed by atoms with Crippen LogP contribution in [-0.4, -0.2) is 50.9 Å². The van der Waals surface area contributed by atoms with E-state index in [1.165, 1.54) is 37.1 Å². The number of hydrogen-bond donors (Lipinski definition) is 1. The molecule has 3 aromatic rings. The highest BCUT2D eigenvalue weighted by atomic mass is 32.2. The molecule has 0 bridgehead atoms. The zero-order chi connectivity index (χ0) is 31.2. The minimum atomic E-state index is -4.75. The number of hydrogen-bond acceptors (Lipinski definition) is 5. The van der Waals surface area contributed by atoms with Gasteiger partial charge >= 0.3 is 6.18 Å². The lowest BCUT2D eigenvalue weighted by Crippen LogP contribution is -2.52. The van der Waals surface area contributed by atoms with Crippen molar-refractivity contribution in [2.75, 3.05) is 18.0 Å². The number of nitrogens with zero attached hydrogens (tertiary/aromatic N) is 2. The summed E-state index contributed by atoms with van der Waals surface area (Å²) in [5.41, 5.74) is -0.0228. The molecule has 0 fully saturated rings. The summed E-state index contributed by atoms with van der Waals surface area (Å²) in [6.07, 6.45) is -4.75. The van der Waals surface area contributed by atoms with Gasteiger partial charge in [0.25, 0.3) is 10.0 Å². The quantitative estimate of drug-likeness (QED) is 0.326. The summed E-state index contributed by atoms with van der Waals surface area (Å²) in [5.74, 6) is -0.689. The fraction of sp³-hybridized carbons (Fsp3) is 0.333. The molecular weight excluding hydrogens is 571 g/mol. The summed E-state index contributed by atoms with van der Waals surface area (Å²) in [6, 6.07) is 15.0. The Kier molecular flexibility index (Phi) is 10.3. The number of rotatable bonds is 11. The van der Waals surface area contributed by atoms with Crippen LogP contribution in [-0.2, 0) is 32.3 Å². The first-order valence-electron chi connectivity index (χ1n) is 13.1. The number of sulfonamides is 1. The molecule has 0 aliphatic rings. The number of anilines is 1. The molecule has 12 heteroatoms. The van der Waals surface area contributed by atoms with Crippen molar-refractivity contribution in [3.8, 4) is 5.75 Å². The normalized spacial score (nSPS) is 12.5. The van der Waals surface area contributed by atoms with E-state index in [0.717, 1.165) is 17.7 Å². The highest BCUT2D eigenvalue weighted by Gasteiger charge is 2.35. The summed E-state index contributed by atoms with van der Waals surface area (Å²) >= 11 is 0. The lowest BCUT2D eigenvalue weighted by atomic mass is 10.1. The summed E-state index contributed by atoms with van der Waals surface area (Å²) < 4.78 is 74.2. The number of carbonyl (C=O) groups is 2. The molecule has 0 radical (unpaired) electrons. The average Bonchev–Trinajstić information content (AvgIpc) is 2.93. The van der Waals surface area contributed by atoms with Gasteiger partial charge in [-0.2, -0.15) is 13.2 Å². The number of carbonyl (C=O) groups excluding carboxylic acids is 2. The van der Waals surface area contributed by atoms with Crippen LogP contribution in [0.5, 0.6) is 5.75 Å².